The molecule has 0 heterocycles. The predicted octanol–water partition coefficient (Wildman–Crippen LogP) is 2.42. The molecule has 0 aliphatic heterocycles. The quantitative estimate of drug-likeness (QED) is 0.618. The highest BCUT2D eigenvalue weighted by molar-refractivity contribution is 7.89. The number of hydrogen-bond donors (Lipinski definition) is 2. The minimum atomic E-state index is -4.03. The van der Waals surface area contributed by atoms with Gasteiger partial charge in [-0.3, -0.25) is 10.2 Å². The summed E-state index contributed by atoms with van der Waals surface area (Å²) in [5, 5.41) is 0. The van der Waals surface area contributed by atoms with Gasteiger partial charge in [0.05, 0.1) is 20.8 Å². The Balaban J connectivity index is 2.16. The van der Waals surface area contributed by atoms with E-state index in [1.54, 1.807) is 25.1 Å². The van der Waals surface area contributed by atoms with Crippen LogP contribution in [0.25, 0.3) is 0 Å². The van der Waals surface area contributed by atoms with Crippen LogP contribution in [0.1, 0.15) is 29.3 Å². The Morgan fingerprint density at radius 3 is 2.32 bits per heavy atom. The highest BCUT2D eigenvalue weighted by Gasteiger charge is 2.21. The lowest BCUT2D eigenvalue weighted by Crippen LogP contribution is -2.41. The van der Waals surface area contributed by atoms with Crippen LogP contribution in [-0.2, 0) is 10.0 Å². The molecule has 0 spiro atoms. The van der Waals surface area contributed by atoms with E-state index in [1.165, 1.54) is 32.4 Å². The van der Waals surface area contributed by atoms with Gasteiger partial charge in [-0.05, 0) is 49.2 Å². The molecular weight excluding hydrogens is 384 g/mol. The molecule has 9 heteroatoms. The van der Waals surface area contributed by atoms with Gasteiger partial charge in [-0.1, -0.05) is 13.0 Å². The maximum absolute atomic E-state index is 12.5. The van der Waals surface area contributed by atoms with E-state index in [4.69, 9.17) is 14.2 Å². The van der Waals surface area contributed by atoms with Crippen molar-refractivity contribution in [2.45, 2.75) is 25.2 Å². The zero-order valence-corrected chi connectivity index (χ0v) is 17.1. The van der Waals surface area contributed by atoms with Crippen LogP contribution in [0.2, 0.25) is 0 Å². The summed E-state index contributed by atoms with van der Waals surface area (Å²) in [6, 6.07) is 9.32. The number of hydrazine groups is 1. The Kier molecular flexibility index (Phi) is 7.24. The van der Waals surface area contributed by atoms with Crippen LogP contribution in [0.3, 0.4) is 0 Å². The number of rotatable bonds is 9. The molecule has 2 rings (SSSR count). The molecule has 0 aliphatic rings. The summed E-state index contributed by atoms with van der Waals surface area (Å²) in [7, 11) is -1.19. The van der Waals surface area contributed by atoms with Gasteiger partial charge in [0, 0.05) is 5.56 Å². The van der Waals surface area contributed by atoms with Crippen molar-refractivity contribution in [2.75, 3.05) is 20.8 Å². The van der Waals surface area contributed by atoms with E-state index in [0.717, 1.165) is 12.0 Å². The first kappa shape index (κ1) is 21.5. The van der Waals surface area contributed by atoms with Crippen molar-refractivity contribution in [2.24, 2.45) is 0 Å². The average Bonchev–Trinajstić information content (AvgIpc) is 2.70. The van der Waals surface area contributed by atoms with Crippen molar-refractivity contribution in [1.29, 1.82) is 0 Å². The number of benzene rings is 2. The molecular formula is C19H24N2O6S. The molecule has 0 aromatic heterocycles. The molecule has 1 amide bonds. The van der Waals surface area contributed by atoms with Gasteiger partial charge in [-0.15, -0.1) is 4.83 Å². The molecule has 0 atom stereocenters. The lowest BCUT2D eigenvalue weighted by molar-refractivity contribution is 0.0944. The second-order valence-electron chi connectivity index (χ2n) is 5.93. The summed E-state index contributed by atoms with van der Waals surface area (Å²) < 4.78 is 41.0. The lowest BCUT2D eigenvalue weighted by atomic mass is 10.2. The molecule has 2 aromatic rings. The topological polar surface area (TPSA) is 103 Å². The van der Waals surface area contributed by atoms with Gasteiger partial charge in [0.25, 0.3) is 15.9 Å². The Morgan fingerprint density at radius 1 is 1.00 bits per heavy atom. The maximum atomic E-state index is 12.5. The standard InChI is InChI=1S/C19H24N2O6S/c1-5-10-27-15-9-7-14(12-17(15)26-4)19(22)20-21-28(23,24)18-11-13(2)6-8-16(18)25-3/h6-9,11-12,21H,5,10H2,1-4H3,(H,20,22). The smallest absolute Gasteiger partial charge is 0.266 e. The Hall–Kier alpha value is -2.78. The van der Waals surface area contributed by atoms with Gasteiger partial charge < -0.3 is 14.2 Å². The summed E-state index contributed by atoms with van der Waals surface area (Å²) in [4.78, 5) is 14.4. The van der Waals surface area contributed by atoms with Crippen LogP contribution in [0.5, 0.6) is 17.2 Å². The first-order valence-corrected chi connectivity index (χ1v) is 10.1. The van der Waals surface area contributed by atoms with E-state index in [0.29, 0.717) is 18.1 Å². The second-order valence-corrected chi connectivity index (χ2v) is 7.58. The largest absolute Gasteiger partial charge is 0.495 e. The highest BCUT2D eigenvalue weighted by atomic mass is 32.2. The fourth-order valence-electron chi connectivity index (χ4n) is 2.37. The van der Waals surface area contributed by atoms with Gasteiger partial charge in [-0.25, -0.2) is 8.42 Å². The number of carbonyl (C=O) groups excluding carboxylic acids is 1. The third-order valence-electron chi connectivity index (χ3n) is 3.80. The van der Waals surface area contributed by atoms with Crippen molar-refractivity contribution in [1.82, 2.24) is 10.3 Å². The normalized spacial score (nSPS) is 11.0. The van der Waals surface area contributed by atoms with Gasteiger partial charge in [0.15, 0.2) is 11.5 Å². The van der Waals surface area contributed by atoms with Crippen LogP contribution >= 0.6 is 0 Å². The summed E-state index contributed by atoms with van der Waals surface area (Å²) in [5.74, 6) is 0.414. The third-order valence-corrected chi connectivity index (χ3v) is 5.06. The molecule has 0 unspecified atom stereocenters. The van der Waals surface area contributed by atoms with E-state index in [9.17, 15) is 13.2 Å². The summed E-state index contributed by atoms with van der Waals surface area (Å²) >= 11 is 0. The predicted molar refractivity (Wildman–Crippen MR) is 104 cm³/mol. The minimum Gasteiger partial charge on any atom is -0.495 e. The minimum absolute atomic E-state index is 0.0730. The van der Waals surface area contributed by atoms with E-state index < -0.39 is 15.9 Å². The molecule has 8 nitrogen and oxygen atoms in total. The fraction of sp³-hybridized carbons (Fsp3) is 0.316. The van der Waals surface area contributed by atoms with Crippen LogP contribution in [0.15, 0.2) is 41.3 Å². The van der Waals surface area contributed by atoms with Gasteiger partial charge in [-0.2, -0.15) is 0 Å². The Bertz CT molecular complexity index is 943. The lowest BCUT2D eigenvalue weighted by Gasteiger charge is -2.13. The Morgan fingerprint density at radius 2 is 1.68 bits per heavy atom. The van der Waals surface area contributed by atoms with Gasteiger partial charge in [0.1, 0.15) is 10.6 Å². The molecule has 152 valence electrons. The summed E-state index contributed by atoms with van der Waals surface area (Å²) in [5.41, 5.74) is 3.14. The molecule has 2 N–H and O–H groups in total. The number of aryl methyl sites for hydroxylation is 1. The zero-order valence-electron chi connectivity index (χ0n) is 16.2. The number of ether oxygens (including phenoxy) is 3. The third kappa shape index (κ3) is 5.14. The monoisotopic (exact) mass is 408 g/mol. The van der Waals surface area contributed by atoms with Crippen molar-refractivity contribution in [3.8, 4) is 17.2 Å². The van der Waals surface area contributed by atoms with Crippen LogP contribution in [0, 0.1) is 6.92 Å². The van der Waals surface area contributed by atoms with Crippen LogP contribution in [0.4, 0.5) is 0 Å². The Labute approximate surface area is 164 Å². The molecule has 0 saturated carbocycles. The van der Waals surface area contributed by atoms with E-state index >= 15 is 0 Å². The van der Waals surface area contributed by atoms with E-state index in [2.05, 4.69) is 10.3 Å². The van der Waals surface area contributed by atoms with Crippen molar-refractivity contribution >= 4 is 15.9 Å². The summed E-state index contributed by atoms with van der Waals surface area (Å²) in [6.45, 7) is 4.25. The SMILES string of the molecule is CCCOc1ccc(C(=O)NNS(=O)(=O)c2cc(C)ccc2OC)cc1OC. The number of methoxy groups -OCH3 is 2. The average molecular weight is 408 g/mol. The molecule has 0 radical (unpaired) electrons. The maximum Gasteiger partial charge on any atom is 0.266 e. The first-order chi connectivity index (χ1) is 13.3. The molecule has 2 aromatic carbocycles. The highest BCUT2D eigenvalue weighted by Crippen LogP contribution is 2.28. The summed E-state index contributed by atoms with van der Waals surface area (Å²) in [6.07, 6.45) is 0.829. The molecule has 0 bridgehead atoms. The molecule has 0 saturated heterocycles. The van der Waals surface area contributed by atoms with Crippen molar-refractivity contribution in [3.05, 3.63) is 47.5 Å². The van der Waals surface area contributed by atoms with Gasteiger partial charge >= 0.3 is 0 Å². The molecule has 28 heavy (non-hydrogen) atoms. The number of nitrogens with one attached hydrogen (secondary N) is 2. The number of amides is 1. The van der Waals surface area contributed by atoms with E-state index in [-0.39, 0.29) is 16.2 Å². The number of hydrogen-bond acceptors (Lipinski definition) is 6. The number of sulfonamides is 1. The van der Waals surface area contributed by atoms with Crippen LogP contribution in [-0.4, -0.2) is 35.2 Å². The zero-order chi connectivity index (χ0) is 20.7. The van der Waals surface area contributed by atoms with Gasteiger partial charge in [0.2, 0.25) is 0 Å². The first-order valence-electron chi connectivity index (χ1n) is 8.60. The number of carbonyl (C=O) groups is 1. The van der Waals surface area contributed by atoms with Crippen molar-refractivity contribution in [3.63, 3.8) is 0 Å². The molecule has 0 fully saturated rings. The fourth-order valence-corrected chi connectivity index (χ4v) is 3.47. The van der Waals surface area contributed by atoms with Crippen LogP contribution < -0.4 is 24.5 Å². The van der Waals surface area contributed by atoms with E-state index in [1.807, 2.05) is 6.92 Å². The second kappa shape index (κ2) is 9.43. The molecule has 0 aliphatic carbocycles. The van der Waals surface area contributed by atoms with Crippen molar-refractivity contribution < 1.29 is 27.4 Å².